The second kappa shape index (κ2) is 12.5. The van der Waals surface area contributed by atoms with Gasteiger partial charge in [0.2, 0.25) is 10.0 Å². The Bertz CT molecular complexity index is 1770. The van der Waals surface area contributed by atoms with Gasteiger partial charge in [-0.3, -0.25) is 0 Å². The van der Waals surface area contributed by atoms with Crippen molar-refractivity contribution < 1.29 is 35.5 Å². The monoisotopic (exact) mass is 625 g/mol. The van der Waals surface area contributed by atoms with Crippen molar-refractivity contribution in [3.63, 3.8) is 0 Å². The van der Waals surface area contributed by atoms with Gasteiger partial charge in [-0.1, -0.05) is 36.4 Å². The van der Waals surface area contributed by atoms with E-state index in [9.17, 15) is 26.0 Å². The number of nitrogens with zero attached hydrogens (tertiary/aromatic N) is 3. The van der Waals surface area contributed by atoms with E-state index in [-0.39, 0.29) is 34.8 Å². The van der Waals surface area contributed by atoms with Crippen LogP contribution in [0.25, 0.3) is 16.8 Å². The maximum absolute atomic E-state index is 14.0. The number of alkyl halides is 3. The summed E-state index contributed by atoms with van der Waals surface area (Å²) in [6.45, 7) is 0.0611. The molecule has 0 saturated heterocycles. The van der Waals surface area contributed by atoms with Crippen molar-refractivity contribution in [3.8, 4) is 28.3 Å². The summed E-state index contributed by atoms with van der Waals surface area (Å²) in [6.07, 6.45) is -3.61. The standard InChI is InChI=1S/C32H27F4N3O4S/c1-42-27-13-3-22(4-14-27)19-38(20-23-5-15-28(43-2)16-6-23)44(40,41)29-17-7-24(8-18-29)30-21-39(37-31(30)32(34,35)36)26-11-9-25(33)10-12-26/h3-18,21H,19-20H2,1-2H3. The topological polar surface area (TPSA) is 73.7 Å². The van der Waals surface area contributed by atoms with Crippen molar-refractivity contribution in [2.24, 2.45) is 0 Å². The number of hydrogen-bond donors (Lipinski definition) is 0. The Morgan fingerprint density at radius 2 is 1.25 bits per heavy atom. The first-order valence-electron chi connectivity index (χ1n) is 13.3. The highest BCUT2D eigenvalue weighted by atomic mass is 32.2. The van der Waals surface area contributed by atoms with Gasteiger partial charge in [0.1, 0.15) is 17.3 Å². The third-order valence-corrected chi connectivity index (χ3v) is 8.72. The van der Waals surface area contributed by atoms with Crippen LogP contribution in [0.15, 0.2) is 108 Å². The Labute approximate surface area is 252 Å². The van der Waals surface area contributed by atoms with E-state index in [1.54, 1.807) is 48.5 Å². The lowest BCUT2D eigenvalue weighted by Gasteiger charge is -2.23. The number of rotatable bonds is 10. The third kappa shape index (κ3) is 6.76. The molecule has 0 unspecified atom stereocenters. The van der Waals surface area contributed by atoms with Crippen LogP contribution in [0.5, 0.6) is 11.5 Å². The molecule has 4 aromatic carbocycles. The molecule has 0 aliphatic heterocycles. The summed E-state index contributed by atoms with van der Waals surface area (Å²) in [6, 6.07) is 24.0. The summed E-state index contributed by atoms with van der Waals surface area (Å²) in [7, 11) is -1.05. The SMILES string of the molecule is COc1ccc(CN(Cc2ccc(OC)cc2)S(=O)(=O)c2ccc(-c3cn(-c4ccc(F)cc4)nc3C(F)(F)F)cc2)cc1. The van der Waals surface area contributed by atoms with Gasteiger partial charge in [0.15, 0.2) is 5.69 Å². The van der Waals surface area contributed by atoms with Crippen molar-refractivity contribution in [1.29, 1.82) is 0 Å². The molecule has 44 heavy (non-hydrogen) atoms. The van der Waals surface area contributed by atoms with Gasteiger partial charge in [0, 0.05) is 24.8 Å². The minimum Gasteiger partial charge on any atom is -0.497 e. The zero-order valence-electron chi connectivity index (χ0n) is 23.6. The predicted octanol–water partition coefficient (Wildman–Crippen LogP) is 7.11. The molecule has 228 valence electrons. The van der Waals surface area contributed by atoms with E-state index in [1.165, 1.54) is 61.1 Å². The lowest BCUT2D eigenvalue weighted by atomic mass is 10.1. The zero-order chi connectivity index (χ0) is 31.5. The van der Waals surface area contributed by atoms with Gasteiger partial charge in [-0.15, -0.1) is 0 Å². The molecule has 0 spiro atoms. The number of aromatic nitrogens is 2. The Kier molecular flexibility index (Phi) is 8.75. The molecule has 7 nitrogen and oxygen atoms in total. The number of ether oxygens (including phenoxy) is 2. The molecule has 0 atom stereocenters. The summed E-state index contributed by atoms with van der Waals surface area (Å²) >= 11 is 0. The van der Waals surface area contributed by atoms with Gasteiger partial charge in [-0.05, 0) is 77.4 Å². The Balaban J connectivity index is 1.49. The lowest BCUT2D eigenvalue weighted by molar-refractivity contribution is -0.140. The molecule has 0 aliphatic rings. The van der Waals surface area contributed by atoms with Crippen molar-refractivity contribution >= 4 is 10.0 Å². The van der Waals surface area contributed by atoms with E-state index in [2.05, 4.69) is 5.10 Å². The van der Waals surface area contributed by atoms with Crippen molar-refractivity contribution in [2.45, 2.75) is 24.2 Å². The maximum atomic E-state index is 14.0. The van der Waals surface area contributed by atoms with Crippen molar-refractivity contribution in [1.82, 2.24) is 14.1 Å². The molecular weight excluding hydrogens is 598 g/mol. The van der Waals surface area contributed by atoms with Gasteiger partial charge in [-0.25, -0.2) is 17.5 Å². The summed E-state index contributed by atoms with van der Waals surface area (Å²) in [4.78, 5) is -0.0947. The number of methoxy groups -OCH3 is 2. The maximum Gasteiger partial charge on any atom is 0.435 e. The van der Waals surface area contributed by atoms with Crippen LogP contribution in [0.2, 0.25) is 0 Å². The second-order valence-corrected chi connectivity index (χ2v) is 11.7. The number of sulfonamides is 1. The Hall–Kier alpha value is -4.68. The fourth-order valence-electron chi connectivity index (χ4n) is 4.57. The summed E-state index contributed by atoms with van der Waals surface area (Å²) in [5, 5.41) is 3.70. The average molecular weight is 626 g/mol. The van der Waals surface area contributed by atoms with Crippen LogP contribution in [-0.4, -0.2) is 36.7 Å². The molecule has 5 aromatic rings. The van der Waals surface area contributed by atoms with E-state index in [4.69, 9.17) is 9.47 Å². The molecule has 5 rings (SSSR count). The fraction of sp³-hybridized carbons (Fsp3) is 0.156. The summed E-state index contributed by atoms with van der Waals surface area (Å²) < 4.78 is 95.8. The van der Waals surface area contributed by atoms with Crippen LogP contribution < -0.4 is 9.47 Å². The van der Waals surface area contributed by atoms with E-state index in [0.717, 1.165) is 16.8 Å². The molecule has 12 heteroatoms. The van der Waals surface area contributed by atoms with Gasteiger partial charge in [0.05, 0.1) is 24.8 Å². The van der Waals surface area contributed by atoms with E-state index in [1.807, 2.05) is 0 Å². The molecule has 0 fully saturated rings. The normalized spacial score (nSPS) is 12.0. The van der Waals surface area contributed by atoms with Crippen LogP contribution in [-0.2, 0) is 29.3 Å². The quantitative estimate of drug-likeness (QED) is 0.155. The largest absolute Gasteiger partial charge is 0.497 e. The third-order valence-electron chi connectivity index (χ3n) is 6.91. The van der Waals surface area contributed by atoms with Crippen LogP contribution in [0.1, 0.15) is 16.8 Å². The average Bonchev–Trinajstić information content (AvgIpc) is 3.48. The van der Waals surface area contributed by atoms with Gasteiger partial charge >= 0.3 is 6.18 Å². The second-order valence-electron chi connectivity index (χ2n) is 9.80. The molecular formula is C32H27F4N3O4S. The Morgan fingerprint density at radius 3 is 1.70 bits per heavy atom. The summed E-state index contributed by atoms with van der Waals surface area (Å²) in [5.41, 5.74) is 0.360. The summed E-state index contributed by atoms with van der Waals surface area (Å²) in [5.74, 6) is 0.701. The highest BCUT2D eigenvalue weighted by molar-refractivity contribution is 7.89. The zero-order valence-corrected chi connectivity index (χ0v) is 24.4. The molecule has 1 heterocycles. The van der Waals surface area contributed by atoms with E-state index in [0.29, 0.717) is 22.6 Å². The highest BCUT2D eigenvalue weighted by Gasteiger charge is 2.38. The minimum atomic E-state index is -4.79. The predicted molar refractivity (Wildman–Crippen MR) is 156 cm³/mol. The first-order chi connectivity index (χ1) is 21.0. The number of halogens is 4. The molecule has 0 amide bonds. The first-order valence-corrected chi connectivity index (χ1v) is 14.7. The Morgan fingerprint density at radius 1 is 0.750 bits per heavy atom. The highest BCUT2D eigenvalue weighted by Crippen LogP contribution is 2.37. The van der Waals surface area contributed by atoms with Gasteiger partial charge in [-0.2, -0.15) is 22.6 Å². The van der Waals surface area contributed by atoms with E-state index >= 15 is 0 Å². The van der Waals surface area contributed by atoms with Gasteiger partial charge < -0.3 is 9.47 Å². The first kappa shape index (κ1) is 30.8. The van der Waals surface area contributed by atoms with Crippen LogP contribution >= 0.6 is 0 Å². The van der Waals surface area contributed by atoms with Crippen molar-refractivity contribution in [2.75, 3.05) is 14.2 Å². The van der Waals surface area contributed by atoms with Gasteiger partial charge in [0.25, 0.3) is 0 Å². The molecule has 1 aromatic heterocycles. The lowest BCUT2D eigenvalue weighted by Crippen LogP contribution is -2.30. The van der Waals surface area contributed by atoms with Crippen molar-refractivity contribution in [3.05, 3.63) is 126 Å². The minimum absolute atomic E-state index is 0.0305. The van der Waals surface area contributed by atoms with Crippen LogP contribution in [0, 0.1) is 5.82 Å². The molecule has 0 bridgehead atoms. The molecule has 0 radical (unpaired) electrons. The fourth-order valence-corrected chi connectivity index (χ4v) is 5.99. The molecule has 0 N–H and O–H groups in total. The van der Waals surface area contributed by atoms with Crippen LogP contribution in [0.3, 0.4) is 0 Å². The molecule has 0 aliphatic carbocycles. The smallest absolute Gasteiger partial charge is 0.435 e. The van der Waals surface area contributed by atoms with Crippen LogP contribution in [0.4, 0.5) is 17.6 Å². The number of benzene rings is 4. The molecule has 0 saturated carbocycles. The van der Waals surface area contributed by atoms with E-state index < -0.39 is 27.7 Å². The number of hydrogen-bond acceptors (Lipinski definition) is 5.